The molecule has 0 atom stereocenters. The molecule has 0 aliphatic rings. The fourth-order valence-electron chi connectivity index (χ4n) is 3.73. The predicted molar refractivity (Wildman–Crippen MR) is 142 cm³/mol. The molecule has 186 valence electrons. The smallest absolute Gasteiger partial charge is 0.335 e. The molecule has 0 saturated heterocycles. The number of rotatable bonds is 6. The Bertz CT molecular complexity index is 1410. The van der Waals surface area contributed by atoms with Crippen LogP contribution in [-0.4, -0.2) is 47.0 Å². The lowest BCUT2D eigenvalue weighted by molar-refractivity contribution is 0.0696. The Labute approximate surface area is 210 Å². The highest BCUT2D eigenvalue weighted by atomic mass is 16.5. The summed E-state index contributed by atoms with van der Waals surface area (Å²) < 4.78 is 5.30. The minimum absolute atomic E-state index is 0.201. The van der Waals surface area contributed by atoms with E-state index in [1.54, 1.807) is 38.6 Å². The van der Waals surface area contributed by atoms with E-state index in [1.165, 1.54) is 12.1 Å². The van der Waals surface area contributed by atoms with E-state index >= 15 is 0 Å². The molecule has 0 spiro atoms. The van der Waals surface area contributed by atoms with E-state index in [1.807, 2.05) is 45.0 Å². The summed E-state index contributed by atoms with van der Waals surface area (Å²) in [5, 5.41) is 12.8. The first-order chi connectivity index (χ1) is 17.4. The molecule has 4 aromatic rings. The number of aromatic amines is 1. The zero-order chi connectivity index (χ0) is 26.2. The van der Waals surface area contributed by atoms with E-state index in [0.29, 0.717) is 11.6 Å². The quantitative estimate of drug-likeness (QED) is 0.255. The zero-order valence-corrected chi connectivity index (χ0v) is 21.0. The standard InChI is InChI=1S/C26H24N4O4.C2H6/c1-15-13-28-22(24(31)29-14-16-4-6-17(7-5-16)26(32)33)12-20(15)18-8-9-21-19(10-18)11-23(30-21)25(27-2)34-3;1-2/h4-13,30H,14H2,1-3H3,(H,29,31)(H,32,33);1-2H3. The van der Waals surface area contributed by atoms with Crippen LogP contribution in [0.3, 0.4) is 0 Å². The Morgan fingerprint density at radius 2 is 1.81 bits per heavy atom. The number of pyridine rings is 1. The van der Waals surface area contributed by atoms with Gasteiger partial charge in [-0.1, -0.05) is 32.0 Å². The van der Waals surface area contributed by atoms with Gasteiger partial charge in [0.2, 0.25) is 5.90 Å². The number of hydrogen-bond donors (Lipinski definition) is 3. The molecule has 0 fully saturated rings. The number of carbonyl (C=O) groups is 2. The third-order valence-corrected chi connectivity index (χ3v) is 5.55. The number of H-pyrrole nitrogens is 1. The first-order valence-corrected chi connectivity index (χ1v) is 11.6. The molecule has 0 radical (unpaired) electrons. The molecular weight excluding hydrogens is 456 g/mol. The summed E-state index contributed by atoms with van der Waals surface area (Å²) in [5.41, 5.74) is 5.87. The van der Waals surface area contributed by atoms with Crippen molar-refractivity contribution in [1.82, 2.24) is 15.3 Å². The number of nitrogens with zero attached hydrogens (tertiary/aromatic N) is 2. The summed E-state index contributed by atoms with van der Waals surface area (Å²) in [6.07, 6.45) is 1.69. The van der Waals surface area contributed by atoms with Crippen LogP contribution in [0.2, 0.25) is 0 Å². The van der Waals surface area contributed by atoms with Crippen LogP contribution in [-0.2, 0) is 11.3 Å². The summed E-state index contributed by atoms with van der Waals surface area (Å²) in [6.45, 7) is 6.22. The van der Waals surface area contributed by atoms with Crippen LogP contribution < -0.4 is 5.32 Å². The molecule has 2 aromatic carbocycles. The number of aliphatic imine (C=N–C) groups is 1. The summed E-state index contributed by atoms with van der Waals surface area (Å²) in [5.74, 6) is -0.773. The third-order valence-electron chi connectivity index (χ3n) is 5.55. The van der Waals surface area contributed by atoms with Gasteiger partial charge in [0.05, 0.1) is 12.7 Å². The number of aromatic nitrogens is 2. The average Bonchev–Trinajstić information content (AvgIpc) is 3.32. The molecule has 4 rings (SSSR count). The van der Waals surface area contributed by atoms with Gasteiger partial charge in [-0.05, 0) is 65.6 Å². The third kappa shape index (κ3) is 5.78. The number of hydrogen-bond acceptors (Lipinski definition) is 5. The first kappa shape index (κ1) is 26.2. The van der Waals surface area contributed by atoms with Crippen LogP contribution in [0.4, 0.5) is 0 Å². The number of benzene rings is 2. The van der Waals surface area contributed by atoms with Gasteiger partial charge in [0.15, 0.2) is 0 Å². The second kappa shape index (κ2) is 11.8. The summed E-state index contributed by atoms with van der Waals surface area (Å²) >= 11 is 0. The topological polar surface area (TPSA) is 117 Å². The number of fused-ring (bicyclic) bond motifs is 1. The zero-order valence-electron chi connectivity index (χ0n) is 21.0. The Morgan fingerprint density at radius 1 is 1.08 bits per heavy atom. The van der Waals surface area contributed by atoms with Crippen molar-refractivity contribution in [2.75, 3.05) is 14.2 Å². The van der Waals surface area contributed by atoms with E-state index in [2.05, 4.69) is 20.3 Å². The molecule has 0 unspecified atom stereocenters. The number of carboxylic acids is 1. The van der Waals surface area contributed by atoms with Crippen molar-refractivity contribution in [1.29, 1.82) is 0 Å². The number of nitrogens with one attached hydrogen (secondary N) is 2. The Morgan fingerprint density at radius 3 is 2.44 bits per heavy atom. The van der Waals surface area contributed by atoms with Gasteiger partial charge in [-0.3, -0.25) is 14.8 Å². The summed E-state index contributed by atoms with van der Waals surface area (Å²) in [4.78, 5) is 35.5. The second-order valence-electron chi connectivity index (χ2n) is 7.79. The average molecular weight is 487 g/mol. The molecule has 1 amide bonds. The van der Waals surface area contributed by atoms with Crippen molar-refractivity contribution < 1.29 is 19.4 Å². The van der Waals surface area contributed by atoms with Gasteiger partial charge in [0, 0.05) is 30.7 Å². The second-order valence-corrected chi connectivity index (χ2v) is 7.79. The van der Waals surface area contributed by atoms with Crippen LogP contribution in [0.1, 0.15) is 51.5 Å². The van der Waals surface area contributed by atoms with Crippen molar-refractivity contribution in [2.45, 2.75) is 27.3 Å². The largest absolute Gasteiger partial charge is 0.480 e. The normalized spacial score (nSPS) is 11.0. The lowest BCUT2D eigenvalue weighted by Crippen LogP contribution is -2.24. The number of carbonyl (C=O) groups excluding carboxylic acids is 1. The summed E-state index contributed by atoms with van der Waals surface area (Å²) in [7, 11) is 3.25. The maximum atomic E-state index is 12.7. The molecule has 36 heavy (non-hydrogen) atoms. The molecule has 0 aliphatic heterocycles. The molecule has 0 aliphatic carbocycles. The Hall–Kier alpha value is -4.46. The van der Waals surface area contributed by atoms with Crippen molar-refractivity contribution >= 4 is 28.7 Å². The molecule has 2 aromatic heterocycles. The Kier molecular flexibility index (Phi) is 8.57. The van der Waals surface area contributed by atoms with Crippen LogP contribution in [0.15, 0.2) is 65.8 Å². The number of amides is 1. The molecule has 8 heteroatoms. The van der Waals surface area contributed by atoms with Crippen molar-refractivity contribution in [3.05, 3.63) is 88.9 Å². The van der Waals surface area contributed by atoms with Crippen LogP contribution in [0.25, 0.3) is 22.0 Å². The Balaban J connectivity index is 0.00000176. The molecule has 0 bridgehead atoms. The van der Waals surface area contributed by atoms with Crippen LogP contribution >= 0.6 is 0 Å². The number of aryl methyl sites for hydroxylation is 1. The maximum absolute atomic E-state index is 12.7. The van der Waals surface area contributed by atoms with Crippen molar-refractivity contribution in [2.24, 2.45) is 4.99 Å². The number of ether oxygens (including phenoxy) is 1. The molecular formula is C28H30N4O4. The van der Waals surface area contributed by atoms with Gasteiger partial charge in [-0.2, -0.15) is 0 Å². The summed E-state index contributed by atoms with van der Waals surface area (Å²) in [6, 6.07) is 16.2. The van der Waals surface area contributed by atoms with Gasteiger partial charge in [-0.25, -0.2) is 4.79 Å². The molecule has 8 nitrogen and oxygen atoms in total. The van der Waals surface area contributed by atoms with Crippen molar-refractivity contribution in [3.8, 4) is 11.1 Å². The van der Waals surface area contributed by atoms with E-state index in [-0.39, 0.29) is 18.0 Å². The van der Waals surface area contributed by atoms with Crippen LogP contribution in [0, 0.1) is 6.92 Å². The SMILES string of the molecule is CC.CN=C(OC)c1cc2cc(-c3cc(C(=O)NCc4ccc(C(=O)O)cc4)ncc3C)ccc2[nH]1. The van der Waals surface area contributed by atoms with E-state index in [0.717, 1.165) is 38.9 Å². The fourth-order valence-corrected chi connectivity index (χ4v) is 3.73. The van der Waals surface area contributed by atoms with Gasteiger partial charge >= 0.3 is 5.97 Å². The maximum Gasteiger partial charge on any atom is 0.335 e. The lowest BCUT2D eigenvalue weighted by Gasteiger charge is -2.10. The van der Waals surface area contributed by atoms with E-state index in [9.17, 15) is 9.59 Å². The first-order valence-electron chi connectivity index (χ1n) is 11.6. The number of aromatic carboxylic acids is 1. The minimum atomic E-state index is -0.987. The van der Waals surface area contributed by atoms with E-state index < -0.39 is 5.97 Å². The molecule has 3 N–H and O–H groups in total. The van der Waals surface area contributed by atoms with Crippen molar-refractivity contribution in [3.63, 3.8) is 0 Å². The fraction of sp³-hybridized carbons (Fsp3) is 0.214. The van der Waals surface area contributed by atoms with Gasteiger partial charge in [-0.15, -0.1) is 0 Å². The molecule has 2 heterocycles. The van der Waals surface area contributed by atoms with E-state index in [4.69, 9.17) is 9.84 Å². The highest BCUT2D eigenvalue weighted by molar-refractivity contribution is 5.99. The lowest BCUT2D eigenvalue weighted by atomic mass is 10.00. The number of carboxylic acid groups (broad SMARTS) is 1. The van der Waals surface area contributed by atoms with Gasteiger partial charge < -0.3 is 20.1 Å². The highest BCUT2D eigenvalue weighted by Crippen LogP contribution is 2.28. The number of methoxy groups -OCH3 is 1. The predicted octanol–water partition coefficient (Wildman–Crippen LogP) is 5.22. The molecule has 0 saturated carbocycles. The van der Waals surface area contributed by atoms with Gasteiger partial charge in [0.1, 0.15) is 11.4 Å². The monoisotopic (exact) mass is 486 g/mol. The highest BCUT2D eigenvalue weighted by Gasteiger charge is 2.13. The minimum Gasteiger partial charge on any atom is -0.480 e. The van der Waals surface area contributed by atoms with Crippen LogP contribution in [0.5, 0.6) is 0 Å². The van der Waals surface area contributed by atoms with Gasteiger partial charge in [0.25, 0.3) is 5.91 Å².